The molecule has 0 radical (unpaired) electrons. The molecule has 0 spiro atoms. The van der Waals surface area contributed by atoms with Gasteiger partial charge in [-0.3, -0.25) is 9.78 Å². The Morgan fingerprint density at radius 1 is 1.17 bits per heavy atom. The average molecular weight is 485 g/mol. The molecule has 5 atom stereocenters. The van der Waals surface area contributed by atoms with E-state index in [2.05, 4.69) is 55.0 Å². The lowest BCUT2D eigenvalue weighted by Crippen LogP contribution is -2.69. The summed E-state index contributed by atoms with van der Waals surface area (Å²) in [4.78, 5) is 18.2. The quantitative estimate of drug-likeness (QED) is 0.330. The summed E-state index contributed by atoms with van der Waals surface area (Å²) in [6.45, 7) is 10.5. The van der Waals surface area contributed by atoms with E-state index in [1.54, 1.807) is 6.20 Å². The van der Waals surface area contributed by atoms with Crippen LogP contribution in [0.3, 0.4) is 0 Å². The molecule has 6 rings (SSSR count). The van der Waals surface area contributed by atoms with Gasteiger partial charge in [-0.05, 0) is 47.6 Å². The summed E-state index contributed by atoms with van der Waals surface area (Å²) in [6.07, 6.45) is 6.91. The van der Waals surface area contributed by atoms with E-state index in [1.165, 1.54) is 11.1 Å². The predicted octanol–water partition coefficient (Wildman–Crippen LogP) is 5.44. The number of rotatable bonds is 8. The highest BCUT2D eigenvalue weighted by atomic mass is 16.3. The fourth-order valence-electron chi connectivity index (χ4n) is 6.83. The predicted molar refractivity (Wildman–Crippen MR) is 146 cm³/mol. The highest BCUT2D eigenvalue weighted by Gasteiger charge is 2.54. The number of aryl methyl sites for hydroxylation is 2. The Hall–Kier alpha value is -3.02. The fraction of sp³-hybridized carbons (Fsp3) is 0.419. The Morgan fingerprint density at radius 2 is 1.92 bits per heavy atom. The molecule has 2 bridgehead atoms. The van der Waals surface area contributed by atoms with Crippen molar-refractivity contribution in [2.24, 2.45) is 11.8 Å². The number of nitrogens with zero attached hydrogens (tertiary/aromatic N) is 2. The summed E-state index contributed by atoms with van der Waals surface area (Å²) in [6, 6.07) is 16.2. The van der Waals surface area contributed by atoms with Gasteiger partial charge in [-0.2, -0.15) is 0 Å². The number of hydrogen-bond acceptors (Lipinski definition) is 3. The molecule has 188 valence electrons. The second-order valence-electron chi connectivity index (χ2n) is 10.6. The third kappa shape index (κ3) is 4.35. The minimum Gasteiger partial charge on any atom is -0.382 e. The van der Waals surface area contributed by atoms with Gasteiger partial charge >= 0.3 is 0 Å². The number of benzene rings is 2. The number of anilines is 1. The first-order valence-corrected chi connectivity index (χ1v) is 13.4. The van der Waals surface area contributed by atoms with Crippen LogP contribution in [-0.2, 0) is 17.6 Å². The molecule has 3 aliphatic heterocycles. The van der Waals surface area contributed by atoms with Crippen molar-refractivity contribution in [1.29, 1.82) is 0 Å². The van der Waals surface area contributed by atoms with E-state index in [0.29, 0.717) is 22.9 Å². The van der Waals surface area contributed by atoms with Crippen LogP contribution in [0.2, 0.25) is 0 Å². The summed E-state index contributed by atoms with van der Waals surface area (Å²) >= 11 is 0. The number of carbonyl (C=O) groups is 1. The molecule has 3 aromatic rings. The maximum atomic E-state index is 13.7. The maximum Gasteiger partial charge on any atom is 0.279 e. The highest BCUT2D eigenvalue weighted by molar-refractivity contribution is 5.93. The molecule has 36 heavy (non-hydrogen) atoms. The Labute approximate surface area is 214 Å². The molecular weight excluding hydrogens is 446 g/mol. The summed E-state index contributed by atoms with van der Waals surface area (Å²) < 4.78 is 0.604. The van der Waals surface area contributed by atoms with E-state index in [1.807, 2.05) is 30.3 Å². The second-order valence-corrected chi connectivity index (χ2v) is 10.6. The maximum absolute atomic E-state index is 13.7. The monoisotopic (exact) mass is 484 g/mol. The number of aliphatic hydroxyl groups excluding tert-OH is 1. The number of nitrogens with one attached hydrogen (secondary N) is 1. The summed E-state index contributed by atoms with van der Waals surface area (Å²) in [5, 5.41) is 16.1. The Morgan fingerprint density at radius 3 is 2.64 bits per heavy atom. The molecule has 0 saturated carbocycles. The number of para-hydroxylation sites is 2. The van der Waals surface area contributed by atoms with E-state index in [0.717, 1.165) is 60.9 Å². The number of aromatic nitrogens is 1. The van der Waals surface area contributed by atoms with Crippen molar-refractivity contribution in [2.75, 3.05) is 25.0 Å². The Bertz CT molecular complexity index is 1240. The third-order valence-electron chi connectivity index (χ3n) is 8.76. The summed E-state index contributed by atoms with van der Waals surface area (Å²) in [5.41, 5.74) is 5.11. The molecule has 4 heterocycles. The van der Waals surface area contributed by atoms with Gasteiger partial charge in [-0.15, -0.1) is 6.58 Å². The Kier molecular flexibility index (Phi) is 6.96. The number of carbonyl (C=O) groups excluding carboxylic acids is 1. The average Bonchev–Trinajstić information content (AvgIpc) is 2.92. The van der Waals surface area contributed by atoms with Crippen LogP contribution in [0.1, 0.15) is 49.5 Å². The van der Waals surface area contributed by atoms with Gasteiger partial charge < -0.3 is 14.9 Å². The fourth-order valence-corrected chi connectivity index (χ4v) is 6.83. The van der Waals surface area contributed by atoms with Crippen LogP contribution in [0.25, 0.3) is 10.9 Å². The zero-order valence-corrected chi connectivity index (χ0v) is 21.5. The molecule has 2 aromatic carbocycles. The first kappa shape index (κ1) is 24.7. The van der Waals surface area contributed by atoms with Gasteiger partial charge in [0, 0.05) is 36.0 Å². The first-order valence-electron chi connectivity index (χ1n) is 13.4. The van der Waals surface area contributed by atoms with Gasteiger partial charge in [0.1, 0.15) is 12.1 Å². The number of pyridine rings is 1. The van der Waals surface area contributed by atoms with Crippen LogP contribution in [0.4, 0.5) is 5.69 Å². The molecule has 1 amide bonds. The van der Waals surface area contributed by atoms with Crippen molar-refractivity contribution < 1.29 is 14.4 Å². The lowest BCUT2D eigenvalue weighted by molar-refractivity contribution is -0.966. The topological polar surface area (TPSA) is 62.2 Å². The Balaban J connectivity index is 1.47. The van der Waals surface area contributed by atoms with Gasteiger partial charge in [0.2, 0.25) is 0 Å². The van der Waals surface area contributed by atoms with Crippen LogP contribution in [0, 0.1) is 11.8 Å². The molecule has 2 N–H and O–H groups in total. The molecule has 3 fully saturated rings. The molecule has 3 saturated heterocycles. The SMILES string of the molecule is C=C[C@H]1C[N@+]2(CC(=O)Nc3c(CC)cccc3CC)CC[C@H]1C[C@@H]2[C@@H](O)c1ccnc2ccccc12. The second kappa shape index (κ2) is 10.2. The van der Waals surface area contributed by atoms with Crippen molar-refractivity contribution in [3.8, 4) is 0 Å². The zero-order chi connectivity index (χ0) is 25.3. The smallest absolute Gasteiger partial charge is 0.279 e. The van der Waals surface area contributed by atoms with Crippen molar-refractivity contribution in [3.63, 3.8) is 0 Å². The van der Waals surface area contributed by atoms with E-state index in [4.69, 9.17) is 0 Å². The van der Waals surface area contributed by atoms with Gasteiger partial charge in [0.15, 0.2) is 6.54 Å². The molecular formula is C31H38N3O2+. The van der Waals surface area contributed by atoms with Gasteiger partial charge in [-0.25, -0.2) is 0 Å². The number of piperidine rings is 3. The number of fused-ring (bicyclic) bond motifs is 4. The van der Waals surface area contributed by atoms with Gasteiger partial charge in [0.05, 0.1) is 18.6 Å². The molecule has 1 aromatic heterocycles. The van der Waals surface area contributed by atoms with Crippen molar-refractivity contribution in [1.82, 2.24) is 4.98 Å². The standard InChI is InChI=1S/C31H37N3O2/c1-4-21-10-9-11-22(5-2)30(21)33-29(35)20-34-17-15-24(23(6-3)19-34)18-28(34)31(36)26-14-16-32-27-13-8-7-12-25(26)27/h6-14,16,23-24,28,31,36H,3-5,15,17-20H2,1-2H3/p+1/t23-,24-,28+,31-,34-/m0/s1. The normalized spacial score (nSPS) is 26.0. The third-order valence-corrected chi connectivity index (χ3v) is 8.76. The van der Waals surface area contributed by atoms with Crippen LogP contribution >= 0.6 is 0 Å². The number of amides is 1. The molecule has 0 unspecified atom stereocenters. The van der Waals surface area contributed by atoms with E-state index in [-0.39, 0.29) is 11.9 Å². The lowest BCUT2D eigenvalue weighted by Gasteiger charge is -2.57. The molecule has 3 aliphatic rings. The van der Waals surface area contributed by atoms with Crippen molar-refractivity contribution >= 4 is 22.5 Å². The van der Waals surface area contributed by atoms with Crippen molar-refractivity contribution in [3.05, 3.63) is 84.1 Å². The zero-order valence-electron chi connectivity index (χ0n) is 21.5. The summed E-state index contributed by atoms with van der Waals surface area (Å²) in [7, 11) is 0. The van der Waals surface area contributed by atoms with E-state index >= 15 is 0 Å². The molecule has 5 nitrogen and oxygen atoms in total. The first-order chi connectivity index (χ1) is 17.5. The van der Waals surface area contributed by atoms with Crippen LogP contribution in [0.5, 0.6) is 0 Å². The van der Waals surface area contributed by atoms with Crippen LogP contribution in [0.15, 0.2) is 67.4 Å². The van der Waals surface area contributed by atoms with Crippen molar-refractivity contribution in [2.45, 2.75) is 51.7 Å². The minimum atomic E-state index is -0.659. The molecule has 5 heteroatoms. The minimum absolute atomic E-state index is 0.0329. The van der Waals surface area contributed by atoms with E-state index in [9.17, 15) is 9.90 Å². The lowest BCUT2D eigenvalue weighted by atomic mass is 9.71. The largest absolute Gasteiger partial charge is 0.382 e. The number of aliphatic hydroxyl groups is 1. The number of quaternary nitrogens is 1. The van der Waals surface area contributed by atoms with Crippen LogP contribution in [-0.4, -0.2) is 46.2 Å². The van der Waals surface area contributed by atoms with E-state index < -0.39 is 6.10 Å². The molecule has 0 aliphatic carbocycles. The van der Waals surface area contributed by atoms with Crippen LogP contribution < -0.4 is 5.32 Å². The van der Waals surface area contributed by atoms with Gasteiger partial charge in [0.25, 0.3) is 5.91 Å². The van der Waals surface area contributed by atoms with Gasteiger partial charge in [-0.1, -0.05) is 56.3 Å². The summed E-state index contributed by atoms with van der Waals surface area (Å²) in [5.74, 6) is 0.912. The number of hydrogen-bond donors (Lipinski definition) is 2. The highest BCUT2D eigenvalue weighted by Crippen LogP contribution is 2.47.